The molecule has 12 heteroatoms. The minimum absolute atomic E-state index is 0.128. The molecule has 0 aliphatic carbocycles. The lowest BCUT2D eigenvalue weighted by Gasteiger charge is -2.33. The van der Waals surface area contributed by atoms with Crippen molar-refractivity contribution in [1.82, 2.24) is 10.3 Å². The van der Waals surface area contributed by atoms with Crippen LogP contribution in [0.25, 0.3) is 0 Å². The Morgan fingerprint density at radius 2 is 2.33 bits per heavy atom. The summed E-state index contributed by atoms with van der Waals surface area (Å²) in [6, 6.07) is -1.96. The van der Waals surface area contributed by atoms with Gasteiger partial charge < -0.3 is 21.0 Å². The van der Waals surface area contributed by atoms with Crippen LogP contribution in [-0.4, -0.2) is 68.2 Å². The lowest BCUT2D eigenvalue weighted by atomic mass is 9.97. The van der Waals surface area contributed by atoms with E-state index in [1.54, 1.807) is 5.38 Å². The normalized spacial score (nSPS) is 24.7. The van der Waals surface area contributed by atoms with Gasteiger partial charge in [0.2, 0.25) is 6.04 Å². The first-order valence-electron chi connectivity index (χ1n) is 7.70. The molecule has 0 radical (unpaired) electrons. The molecule has 0 aromatic carbocycles. The van der Waals surface area contributed by atoms with E-state index in [4.69, 9.17) is 5.73 Å². The van der Waals surface area contributed by atoms with Gasteiger partial charge in [-0.15, -0.1) is 22.5 Å². The summed E-state index contributed by atoms with van der Waals surface area (Å²) in [4.78, 5) is 45.3. The second-order valence-electron chi connectivity index (χ2n) is 5.64. The first kappa shape index (κ1) is 19.0. The Labute approximate surface area is 161 Å². The number of carbonyl (C=O) groups excluding carboxylic acids is 2. The highest BCUT2D eigenvalue weighted by molar-refractivity contribution is 8.14. The lowest BCUT2D eigenvalue weighted by Crippen LogP contribution is -2.68. The van der Waals surface area contributed by atoms with Gasteiger partial charge in [-0.25, -0.2) is 14.6 Å². The molecule has 0 saturated heterocycles. The minimum Gasteiger partial charge on any atom is -0.476 e. The van der Waals surface area contributed by atoms with Gasteiger partial charge in [-0.1, -0.05) is 23.0 Å². The van der Waals surface area contributed by atoms with Crippen molar-refractivity contribution in [2.75, 3.05) is 18.6 Å². The number of nitrogen functional groups attached to an aromatic ring is 1. The molecule has 1 aromatic heterocycles. The summed E-state index contributed by atoms with van der Waals surface area (Å²) in [6.07, 6.45) is 1.53. The molecule has 0 spiro atoms. The third kappa shape index (κ3) is 3.32. The van der Waals surface area contributed by atoms with E-state index >= 15 is 0 Å². The zero-order chi connectivity index (χ0) is 19.7. The number of hydrogen-bond acceptors (Lipinski definition) is 9. The van der Waals surface area contributed by atoms with E-state index < -0.39 is 29.9 Å². The average molecular weight is 410 g/mol. The fourth-order valence-corrected chi connectivity index (χ4v) is 4.72. The van der Waals surface area contributed by atoms with Crippen molar-refractivity contribution < 1.29 is 28.9 Å². The number of rotatable bonds is 6. The smallest absolute Gasteiger partial charge is 0.422 e. The van der Waals surface area contributed by atoms with Crippen LogP contribution >= 0.6 is 23.1 Å². The van der Waals surface area contributed by atoms with E-state index in [1.165, 1.54) is 29.5 Å². The number of carboxylic acids is 1. The summed E-state index contributed by atoms with van der Waals surface area (Å²) in [5.41, 5.74) is 5.67. The molecule has 0 saturated carbocycles. The van der Waals surface area contributed by atoms with Crippen LogP contribution in [0.3, 0.4) is 0 Å². The van der Waals surface area contributed by atoms with E-state index in [-0.39, 0.29) is 22.5 Å². The summed E-state index contributed by atoms with van der Waals surface area (Å²) in [5, 5.41) is 17.9. The molecule has 3 heterocycles. The molecule has 3 rings (SSSR count). The van der Waals surface area contributed by atoms with Gasteiger partial charge in [-0.3, -0.25) is 4.79 Å². The molecule has 2 amide bonds. The van der Waals surface area contributed by atoms with Crippen molar-refractivity contribution in [1.29, 1.82) is 0 Å². The number of thioether (sulfide) groups is 1. The number of thiazole rings is 1. The van der Waals surface area contributed by atoms with E-state index in [0.29, 0.717) is 10.8 Å². The first-order chi connectivity index (χ1) is 12.9. The first-order valence-corrected chi connectivity index (χ1v) is 9.57. The number of anilines is 1. The van der Waals surface area contributed by atoms with Crippen molar-refractivity contribution in [3.8, 4) is 0 Å². The summed E-state index contributed by atoms with van der Waals surface area (Å²) in [5.74, 6) is -2.21. The zero-order valence-electron chi connectivity index (χ0n) is 14.1. The van der Waals surface area contributed by atoms with E-state index in [0.717, 1.165) is 11.3 Å². The largest absolute Gasteiger partial charge is 0.476 e. The SMILES string of the molecule is C=CC1CSC2=[N+](C(=O)C2NC(=O)C(=NOC)c2csc(N)n2)C1C(=O)O. The number of oxime groups is 1. The van der Waals surface area contributed by atoms with Gasteiger partial charge in [0.1, 0.15) is 12.8 Å². The highest BCUT2D eigenvalue weighted by Gasteiger charge is 2.60. The number of carboxylic acid groups (broad SMARTS) is 1. The molecular weight excluding hydrogens is 394 g/mol. The highest BCUT2D eigenvalue weighted by Crippen LogP contribution is 2.31. The Kier molecular flexibility index (Phi) is 5.28. The highest BCUT2D eigenvalue weighted by atomic mass is 32.2. The summed E-state index contributed by atoms with van der Waals surface area (Å²) < 4.78 is 1.20. The van der Waals surface area contributed by atoms with Gasteiger partial charge in [-0.2, -0.15) is 0 Å². The van der Waals surface area contributed by atoms with Crippen molar-refractivity contribution >= 4 is 56.8 Å². The molecule has 4 N–H and O–H groups in total. The number of hydrogen-bond donors (Lipinski definition) is 3. The third-order valence-corrected chi connectivity index (χ3v) is 6.02. The quantitative estimate of drug-likeness (QED) is 0.246. The van der Waals surface area contributed by atoms with Crippen LogP contribution in [0.15, 0.2) is 23.2 Å². The maximum Gasteiger partial charge on any atom is 0.422 e. The van der Waals surface area contributed by atoms with Crippen molar-refractivity contribution in [3.05, 3.63) is 23.7 Å². The number of nitrogens with zero attached hydrogens (tertiary/aromatic N) is 3. The fraction of sp³-hybridized carbons (Fsp3) is 0.333. The molecule has 2 aliphatic heterocycles. The monoisotopic (exact) mass is 410 g/mol. The Hall–Kier alpha value is -2.73. The second kappa shape index (κ2) is 7.48. The van der Waals surface area contributed by atoms with Crippen LogP contribution in [0, 0.1) is 5.92 Å². The Morgan fingerprint density at radius 1 is 1.59 bits per heavy atom. The van der Waals surface area contributed by atoms with Crippen LogP contribution in [0.2, 0.25) is 0 Å². The van der Waals surface area contributed by atoms with E-state index in [9.17, 15) is 19.5 Å². The van der Waals surface area contributed by atoms with E-state index in [2.05, 4.69) is 26.9 Å². The zero-order valence-corrected chi connectivity index (χ0v) is 15.7. The molecular formula is C15H16N5O5S2+. The Bertz CT molecular complexity index is 893. The molecule has 142 valence electrons. The topological polar surface area (TPSA) is 147 Å². The lowest BCUT2D eigenvalue weighted by molar-refractivity contribution is -0.501. The molecule has 2 aliphatic rings. The Balaban J connectivity index is 1.83. The summed E-state index contributed by atoms with van der Waals surface area (Å²) >= 11 is 2.44. The molecule has 27 heavy (non-hydrogen) atoms. The summed E-state index contributed by atoms with van der Waals surface area (Å²) in [7, 11) is 1.28. The van der Waals surface area contributed by atoms with Gasteiger partial charge in [0, 0.05) is 11.1 Å². The number of aromatic nitrogens is 1. The minimum atomic E-state index is -1.12. The molecule has 3 unspecified atom stereocenters. The van der Waals surface area contributed by atoms with Crippen LogP contribution in [0.1, 0.15) is 5.69 Å². The molecule has 10 nitrogen and oxygen atoms in total. The number of nitrogens with two attached hydrogens (primary N) is 1. The molecule has 3 atom stereocenters. The molecule has 1 aromatic rings. The predicted molar refractivity (Wildman–Crippen MR) is 99.8 cm³/mol. The van der Waals surface area contributed by atoms with Gasteiger partial charge in [0.05, 0.1) is 5.92 Å². The van der Waals surface area contributed by atoms with Crippen LogP contribution in [-0.2, 0) is 19.2 Å². The third-order valence-electron chi connectivity index (χ3n) is 4.07. The second-order valence-corrected chi connectivity index (χ2v) is 7.57. The van der Waals surface area contributed by atoms with Gasteiger partial charge >= 0.3 is 11.9 Å². The fourth-order valence-electron chi connectivity index (χ4n) is 2.82. The maximum atomic E-state index is 12.6. The van der Waals surface area contributed by atoms with Gasteiger partial charge in [0.25, 0.3) is 17.0 Å². The number of amides is 2. The number of carbonyl (C=O) groups is 3. The molecule has 0 fully saturated rings. The standard InChI is InChI=1S/C15H15N5O5S2/c1-3-6-4-26-13-9(12(22)20(13)10(6)14(23)24)18-11(21)8(19-25-2)7-5-27-15(16)17-7/h3,5-6,9-10H,1,4H2,2H3,(H3-,16,17,18,21,23,24)/p+1. The predicted octanol–water partition coefficient (Wildman–Crippen LogP) is -0.486. The number of aliphatic carboxylic acids is 1. The maximum absolute atomic E-state index is 12.6. The average Bonchev–Trinajstić information content (AvgIpc) is 3.08. The van der Waals surface area contributed by atoms with Crippen molar-refractivity contribution in [2.45, 2.75) is 12.1 Å². The van der Waals surface area contributed by atoms with E-state index in [1.807, 2.05) is 0 Å². The van der Waals surface area contributed by atoms with Gasteiger partial charge in [0.15, 0.2) is 10.8 Å². The van der Waals surface area contributed by atoms with Crippen molar-refractivity contribution in [3.63, 3.8) is 0 Å². The number of nitrogens with one attached hydrogen (secondary N) is 1. The van der Waals surface area contributed by atoms with Crippen LogP contribution in [0.5, 0.6) is 0 Å². The van der Waals surface area contributed by atoms with Crippen LogP contribution < -0.4 is 11.1 Å². The van der Waals surface area contributed by atoms with Crippen LogP contribution in [0.4, 0.5) is 5.13 Å². The van der Waals surface area contributed by atoms with Gasteiger partial charge in [-0.05, 0) is 0 Å². The molecule has 0 bridgehead atoms. The summed E-state index contributed by atoms with van der Waals surface area (Å²) in [6.45, 7) is 3.63. The van der Waals surface area contributed by atoms with Crippen molar-refractivity contribution in [2.24, 2.45) is 11.1 Å². The Morgan fingerprint density at radius 3 is 2.89 bits per heavy atom.